The van der Waals surface area contributed by atoms with Crippen LogP contribution in [0.3, 0.4) is 0 Å². The van der Waals surface area contributed by atoms with Gasteiger partial charge < -0.3 is 4.42 Å². The molecular weight excluding hydrogens is 484 g/mol. The minimum absolute atomic E-state index is 0.393. The van der Waals surface area contributed by atoms with Gasteiger partial charge in [-0.15, -0.1) is 0 Å². The second-order valence-electron chi connectivity index (χ2n) is 10.8. The molecule has 0 radical (unpaired) electrons. The zero-order chi connectivity index (χ0) is 27.3. The smallest absolute Gasteiger partial charge is 0.142 e. The number of fused-ring (bicyclic) bond motifs is 4. The molecule has 0 saturated heterocycles. The van der Waals surface area contributed by atoms with Gasteiger partial charge in [0.1, 0.15) is 11.2 Å². The molecule has 194 valence electrons. The van der Waals surface area contributed by atoms with Gasteiger partial charge in [0.25, 0.3) is 0 Å². The Morgan fingerprint density at radius 2 is 1.38 bits per heavy atom. The lowest BCUT2D eigenvalue weighted by atomic mass is 9.67. The standard InChI is InChI=1S/C39H32O/c1-4-30(38-31(5-2)34-19-13-14-26(3)37(34)40-38)27-22-24-29(25-23-27)39(28-15-7-6-8-16-28)35-20-11-9-17-32(35)33-18-10-12-21-36(33)39/h4-12,14-18,20-25H,1,13,19H2,2-3H3/b31-5-,38-30-. The first-order valence-corrected chi connectivity index (χ1v) is 14.2. The van der Waals surface area contributed by atoms with Gasteiger partial charge in [0.15, 0.2) is 0 Å². The minimum Gasteiger partial charge on any atom is -0.456 e. The third-order valence-electron chi connectivity index (χ3n) is 8.78. The Balaban J connectivity index is 1.47. The van der Waals surface area contributed by atoms with E-state index in [0.29, 0.717) is 0 Å². The predicted octanol–water partition coefficient (Wildman–Crippen LogP) is 8.18. The van der Waals surface area contributed by atoms with Crippen LogP contribution in [-0.2, 0) is 11.8 Å². The van der Waals surface area contributed by atoms with E-state index in [4.69, 9.17) is 4.42 Å². The molecule has 1 heteroatoms. The zero-order valence-electron chi connectivity index (χ0n) is 23.1. The van der Waals surface area contributed by atoms with Gasteiger partial charge in [-0.25, -0.2) is 0 Å². The largest absolute Gasteiger partial charge is 0.456 e. The summed E-state index contributed by atoms with van der Waals surface area (Å²) in [6, 6.07) is 37.7. The summed E-state index contributed by atoms with van der Waals surface area (Å²) in [6.45, 7) is 8.46. The van der Waals surface area contributed by atoms with E-state index in [1.807, 2.05) is 6.08 Å². The highest BCUT2D eigenvalue weighted by Crippen LogP contribution is 2.55. The Labute approximate surface area is 236 Å². The van der Waals surface area contributed by atoms with E-state index in [1.165, 1.54) is 49.7 Å². The number of hydrogen-bond donors (Lipinski definition) is 0. The fourth-order valence-electron chi connectivity index (χ4n) is 7.03. The average Bonchev–Trinajstić information content (AvgIpc) is 3.53. The lowest BCUT2D eigenvalue weighted by Gasteiger charge is -2.34. The highest BCUT2D eigenvalue weighted by molar-refractivity contribution is 5.86. The van der Waals surface area contributed by atoms with Crippen LogP contribution in [0.2, 0.25) is 0 Å². The van der Waals surface area contributed by atoms with E-state index < -0.39 is 5.41 Å². The summed E-state index contributed by atoms with van der Waals surface area (Å²) in [5.41, 5.74) is 13.0. The van der Waals surface area contributed by atoms with Crippen molar-refractivity contribution in [1.82, 2.24) is 0 Å². The predicted molar refractivity (Wildman–Crippen MR) is 167 cm³/mol. The molecule has 2 aliphatic carbocycles. The van der Waals surface area contributed by atoms with Crippen molar-refractivity contribution in [1.29, 1.82) is 0 Å². The number of hydrogen-bond acceptors (Lipinski definition) is 1. The SMILES string of the molecule is C=C/C(c1ccc(C2(c3ccccc3)c3ccccc3-c3ccccc32)cc1)=c1/oc2c(/c1=C/C)CCC=C2C. The van der Waals surface area contributed by atoms with Crippen LogP contribution in [0, 0.1) is 0 Å². The number of furan rings is 1. The van der Waals surface area contributed by atoms with Crippen molar-refractivity contribution >= 4 is 17.2 Å². The summed E-state index contributed by atoms with van der Waals surface area (Å²) >= 11 is 0. The van der Waals surface area contributed by atoms with Gasteiger partial charge in [0.2, 0.25) is 0 Å². The molecule has 0 saturated carbocycles. The van der Waals surface area contributed by atoms with Crippen LogP contribution >= 0.6 is 0 Å². The first-order valence-electron chi connectivity index (χ1n) is 14.2. The maximum Gasteiger partial charge on any atom is 0.142 e. The van der Waals surface area contributed by atoms with Gasteiger partial charge in [-0.2, -0.15) is 0 Å². The molecule has 1 heterocycles. The molecule has 7 rings (SSSR count). The molecule has 0 bridgehead atoms. The van der Waals surface area contributed by atoms with E-state index in [9.17, 15) is 0 Å². The second kappa shape index (κ2) is 9.54. The fourth-order valence-corrected chi connectivity index (χ4v) is 7.03. The van der Waals surface area contributed by atoms with Gasteiger partial charge in [-0.1, -0.05) is 128 Å². The van der Waals surface area contributed by atoms with Crippen molar-refractivity contribution in [3.05, 3.63) is 172 Å². The zero-order valence-corrected chi connectivity index (χ0v) is 23.1. The molecular formula is C39H32O. The van der Waals surface area contributed by atoms with Crippen LogP contribution in [0.5, 0.6) is 0 Å². The molecule has 0 aliphatic heterocycles. The Morgan fingerprint density at radius 3 is 2.00 bits per heavy atom. The normalized spacial score (nSPS) is 16.1. The fraction of sp³-hybridized carbons (Fsp3) is 0.128. The third-order valence-corrected chi connectivity index (χ3v) is 8.78. The van der Waals surface area contributed by atoms with Crippen LogP contribution in [0.25, 0.3) is 28.3 Å². The lowest BCUT2D eigenvalue weighted by Crippen LogP contribution is -2.28. The molecule has 4 aromatic carbocycles. The van der Waals surface area contributed by atoms with Crippen LogP contribution in [0.1, 0.15) is 59.4 Å². The van der Waals surface area contributed by atoms with E-state index in [0.717, 1.165) is 35.2 Å². The van der Waals surface area contributed by atoms with Crippen molar-refractivity contribution in [3.8, 4) is 11.1 Å². The number of benzene rings is 4. The summed E-state index contributed by atoms with van der Waals surface area (Å²) in [5.74, 6) is 1.02. The Kier molecular flexibility index (Phi) is 5.82. The van der Waals surface area contributed by atoms with Gasteiger partial charge in [0, 0.05) is 16.4 Å². The molecule has 1 aromatic heterocycles. The van der Waals surface area contributed by atoms with Crippen LogP contribution < -0.4 is 10.6 Å². The number of rotatable bonds is 4. The molecule has 5 aromatic rings. The van der Waals surface area contributed by atoms with E-state index in [-0.39, 0.29) is 0 Å². The highest BCUT2D eigenvalue weighted by Gasteiger charge is 2.45. The van der Waals surface area contributed by atoms with Gasteiger partial charge >= 0.3 is 0 Å². The quantitative estimate of drug-likeness (QED) is 0.230. The van der Waals surface area contributed by atoms with E-state index in [1.54, 1.807) is 0 Å². The monoisotopic (exact) mass is 516 g/mol. The van der Waals surface area contributed by atoms with Crippen molar-refractivity contribution in [3.63, 3.8) is 0 Å². The topological polar surface area (TPSA) is 13.1 Å². The minimum atomic E-state index is -0.393. The maximum absolute atomic E-state index is 6.55. The summed E-state index contributed by atoms with van der Waals surface area (Å²) in [6.07, 6.45) is 8.47. The van der Waals surface area contributed by atoms with Crippen LogP contribution in [0.15, 0.2) is 126 Å². The second-order valence-corrected chi connectivity index (χ2v) is 10.8. The average molecular weight is 517 g/mol. The van der Waals surface area contributed by atoms with Crippen molar-refractivity contribution < 1.29 is 4.42 Å². The lowest BCUT2D eigenvalue weighted by molar-refractivity contribution is 0.512. The van der Waals surface area contributed by atoms with Gasteiger partial charge in [-0.05, 0) is 71.2 Å². The highest BCUT2D eigenvalue weighted by atomic mass is 16.3. The molecule has 1 nitrogen and oxygen atoms in total. The third kappa shape index (κ3) is 3.41. The van der Waals surface area contributed by atoms with Crippen molar-refractivity contribution in [2.75, 3.05) is 0 Å². The molecule has 0 amide bonds. The maximum atomic E-state index is 6.55. The van der Waals surface area contributed by atoms with E-state index >= 15 is 0 Å². The first kappa shape index (κ1) is 24.4. The molecule has 0 unspecified atom stereocenters. The summed E-state index contributed by atoms with van der Waals surface area (Å²) in [5, 5.41) is 1.20. The van der Waals surface area contributed by atoms with Crippen molar-refractivity contribution in [2.45, 2.75) is 32.1 Å². The van der Waals surface area contributed by atoms with E-state index in [2.05, 4.69) is 136 Å². The summed E-state index contributed by atoms with van der Waals surface area (Å²) in [4.78, 5) is 0. The van der Waals surface area contributed by atoms with Gasteiger partial charge in [0.05, 0.1) is 5.41 Å². The molecule has 0 N–H and O–H groups in total. The first-order chi connectivity index (χ1) is 19.7. The molecule has 0 fully saturated rings. The molecule has 40 heavy (non-hydrogen) atoms. The Morgan fingerprint density at radius 1 is 0.775 bits per heavy atom. The van der Waals surface area contributed by atoms with Crippen LogP contribution in [-0.4, -0.2) is 0 Å². The summed E-state index contributed by atoms with van der Waals surface area (Å²) in [7, 11) is 0. The molecule has 0 spiro atoms. The number of allylic oxidation sites excluding steroid dienone is 3. The molecule has 2 aliphatic rings. The Hall–Kier alpha value is -4.62. The van der Waals surface area contributed by atoms with Crippen LogP contribution in [0.4, 0.5) is 0 Å². The van der Waals surface area contributed by atoms with Crippen molar-refractivity contribution in [2.24, 2.45) is 0 Å². The molecule has 0 atom stereocenters. The Bertz CT molecular complexity index is 1870. The van der Waals surface area contributed by atoms with Gasteiger partial charge in [-0.3, -0.25) is 0 Å². The summed E-state index contributed by atoms with van der Waals surface area (Å²) < 4.78 is 6.55.